The van der Waals surface area contributed by atoms with Gasteiger partial charge in [0, 0.05) is 18.2 Å². The molecule has 0 bridgehead atoms. The monoisotopic (exact) mass is 311 g/mol. The van der Waals surface area contributed by atoms with Crippen LogP contribution < -0.4 is 0 Å². The van der Waals surface area contributed by atoms with Gasteiger partial charge in [-0.25, -0.2) is 8.42 Å². The number of hydrogen-bond acceptors (Lipinski definition) is 4. The van der Waals surface area contributed by atoms with Gasteiger partial charge in [-0.15, -0.1) is 0 Å². The van der Waals surface area contributed by atoms with E-state index >= 15 is 0 Å². The summed E-state index contributed by atoms with van der Waals surface area (Å²) in [7, 11) is -3.63. The van der Waals surface area contributed by atoms with Gasteiger partial charge in [0.05, 0.1) is 11.5 Å². The van der Waals surface area contributed by atoms with Crippen LogP contribution in [0.4, 0.5) is 0 Å². The molecule has 1 fully saturated rings. The number of nitrogens with zero attached hydrogens (tertiary/aromatic N) is 1. The lowest BCUT2D eigenvalue weighted by Crippen LogP contribution is -2.42. The fourth-order valence-electron chi connectivity index (χ4n) is 2.65. The van der Waals surface area contributed by atoms with Gasteiger partial charge in [0.15, 0.2) is 5.78 Å². The molecule has 1 atom stereocenters. The van der Waals surface area contributed by atoms with Crippen molar-refractivity contribution in [1.29, 1.82) is 0 Å². The Labute approximate surface area is 125 Å². The number of aliphatic hydroxyl groups excluding tert-OH is 1. The molecule has 2 rings (SSSR count). The zero-order chi connectivity index (χ0) is 15.5. The SMILES string of the molecule is CC(=O)c1ccc(S(=O)(=O)N2CCCCCC2CO)cc1. The Morgan fingerprint density at radius 2 is 1.90 bits per heavy atom. The molecule has 0 radical (unpaired) electrons. The first kappa shape index (κ1) is 16.1. The topological polar surface area (TPSA) is 74.7 Å². The second-order valence-corrected chi connectivity index (χ2v) is 7.27. The van der Waals surface area contributed by atoms with Crippen molar-refractivity contribution in [1.82, 2.24) is 4.31 Å². The van der Waals surface area contributed by atoms with Crippen molar-refractivity contribution in [3.63, 3.8) is 0 Å². The first-order valence-electron chi connectivity index (χ1n) is 7.20. The van der Waals surface area contributed by atoms with Crippen LogP contribution in [0.5, 0.6) is 0 Å². The van der Waals surface area contributed by atoms with E-state index in [0.717, 1.165) is 19.3 Å². The number of benzene rings is 1. The molecule has 6 heteroatoms. The summed E-state index contributed by atoms with van der Waals surface area (Å²) in [5.41, 5.74) is 0.489. The molecule has 21 heavy (non-hydrogen) atoms. The Kier molecular flexibility index (Phi) is 5.13. The molecule has 1 aliphatic heterocycles. The highest BCUT2D eigenvalue weighted by Crippen LogP contribution is 2.24. The second-order valence-electron chi connectivity index (χ2n) is 5.38. The summed E-state index contributed by atoms with van der Waals surface area (Å²) in [5.74, 6) is -0.0954. The predicted molar refractivity (Wildman–Crippen MR) is 79.7 cm³/mol. The number of carbonyl (C=O) groups is 1. The summed E-state index contributed by atoms with van der Waals surface area (Å²) in [4.78, 5) is 11.4. The molecule has 0 saturated carbocycles. The van der Waals surface area contributed by atoms with Gasteiger partial charge < -0.3 is 5.11 Å². The summed E-state index contributed by atoms with van der Waals surface area (Å²) in [6.07, 6.45) is 3.40. The fourth-order valence-corrected chi connectivity index (χ4v) is 4.33. The zero-order valence-corrected chi connectivity index (χ0v) is 13.0. The van der Waals surface area contributed by atoms with E-state index in [-0.39, 0.29) is 23.3 Å². The Balaban J connectivity index is 2.32. The van der Waals surface area contributed by atoms with E-state index in [1.54, 1.807) is 0 Å². The summed E-state index contributed by atoms with van der Waals surface area (Å²) in [6, 6.07) is 5.63. The molecule has 1 heterocycles. The van der Waals surface area contributed by atoms with Gasteiger partial charge >= 0.3 is 0 Å². The molecule has 0 aromatic heterocycles. The van der Waals surface area contributed by atoms with E-state index in [1.165, 1.54) is 35.5 Å². The largest absolute Gasteiger partial charge is 0.395 e. The normalized spacial score (nSPS) is 21.0. The lowest BCUT2D eigenvalue weighted by Gasteiger charge is -2.27. The summed E-state index contributed by atoms with van der Waals surface area (Å²) in [5, 5.41) is 9.46. The van der Waals surface area contributed by atoms with Crippen LogP contribution >= 0.6 is 0 Å². The third kappa shape index (κ3) is 3.51. The smallest absolute Gasteiger partial charge is 0.243 e. The quantitative estimate of drug-likeness (QED) is 0.861. The molecule has 0 spiro atoms. The van der Waals surface area contributed by atoms with Crippen LogP contribution in [0.25, 0.3) is 0 Å². The fraction of sp³-hybridized carbons (Fsp3) is 0.533. The minimum Gasteiger partial charge on any atom is -0.395 e. The number of carbonyl (C=O) groups excluding carboxylic acids is 1. The van der Waals surface area contributed by atoms with Crippen molar-refractivity contribution >= 4 is 15.8 Å². The van der Waals surface area contributed by atoms with Crippen LogP contribution in [0.15, 0.2) is 29.2 Å². The second kappa shape index (κ2) is 6.68. The molecule has 1 aliphatic rings. The number of aliphatic hydroxyl groups is 1. The van der Waals surface area contributed by atoms with Crippen molar-refractivity contribution in [2.45, 2.75) is 43.5 Å². The van der Waals surface area contributed by atoms with E-state index in [9.17, 15) is 18.3 Å². The number of rotatable bonds is 4. The Morgan fingerprint density at radius 3 is 2.48 bits per heavy atom. The minimum atomic E-state index is -3.63. The standard InChI is InChI=1S/C15H21NO4S/c1-12(18)13-6-8-15(9-7-13)21(19,20)16-10-4-2-3-5-14(16)11-17/h6-9,14,17H,2-5,10-11H2,1H3. The number of ketones is 1. The highest BCUT2D eigenvalue weighted by atomic mass is 32.2. The molecule has 0 aliphatic carbocycles. The molecule has 1 N–H and O–H groups in total. The summed E-state index contributed by atoms with van der Waals surface area (Å²) < 4.78 is 26.8. The average molecular weight is 311 g/mol. The van der Waals surface area contributed by atoms with Crippen LogP contribution in [-0.4, -0.2) is 42.8 Å². The van der Waals surface area contributed by atoms with Crippen molar-refractivity contribution in [3.8, 4) is 0 Å². The van der Waals surface area contributed by atoms with Crippen molar-refractivity contribution < 1.29 is 18.3 Å². The maximum atomic E-state index is 12.7. The van der Waals surface area contributed by atoms with Crippen LogP contribution in [0.2, 0.25) is 0 Å². The van der Waals surface area contributed by atoms with E-state index in [4.69, 9.17) is 0 Å². The maximum absolute atomic E-state index is 12.7. The molecule has 1 saturated heterocycles. The molecule has 1 unspecified atom stereocenters. The van der Waals surface area contributed by atoms with Gasteiger partial charge in [0.1, 0.15) is 0 Å². The molecule has 1 aromatic carbocycles. The van der Waals surface area contributed by atoms with Crippen molar-refractivity contribution in [2.24, 2.45) is 0 Å². The van der Waals surface area contributed by atoms with Crippen LogP contribution in [-0.2, 0) is 10.0 Å². The Hall–Kier alpha value is -1.24. The minimum absolute atomic E-state index is 0.0954. The van der Waals surface area contributed by atoms with E-state index in [0.29, 0.717) is 18.5 Å². The number of sulfonamides is 1. The molecule has 116 valence electrons. The maximum Gasteiger partial charge on any atom is 0.243 e. The molecular weight excluding hydrogens is 290 g/mol. The molecule has 0 amide bonds. The van der Waals surface area contributed by atoms with E-state index in [2.05, 4.69) is 0 Å². The summed E-state index contributed by atoms with van der Waals surface area (Å²) in [6.45, 7) is 1.72. The van der Waals surface area contributed by atoms with Crippen LogP contribution in [0.3, 0.4) is 0 Å². The Bertz CT molecular complexity index is 595. The predicted octanol–water partition coefficient (Wildman–Crippen LogP) is 1.81. The van der Waals surface area contributed by atoms with Crippen LogP contribution in [0.1, 0.15) is 43.0 Å². The number of Topliss-reactive ketones (excluding diaryl/α,β-unsaturated/α-hetero) is 1. The molecular formula is C15H21NO4S. The third-order valence-electron chi connectivity index (χ3n) is 3.90. The van der Waals surface area contributed by atoms with Gasteiger partial charge in [-0.05, 0) is 31.9 Å². The zero-order valence-electron chi connectivity index (χ0n) is 12.2. The van der Waals surface area contributed by atoms with Gasteiger partial charge in [-0.1, -0.05) is 25.0 Å². The van der Waals surface area contributed by atoms with E-state index in [1.807, 2.05) is 0 Å². The van der Waals surface area contributed by atoms with Gasteiger partial charge in [-0.3, -0.25) is 4.79 Å². The number of hydrogen-bond donors (Lipinski definition) is 1. The van der Waals surface area contributed by atoms with Gasteiger partial charge in [0.25, 0.3) is 0 Å². The van der Waals surface area contributed by atoms with Gasteiger partial charge in [0.2, 0.25) is 10.0 Å². The highest BCUT2D eigenvalue weighted by molar-refractivity contribution is 7.89. The first-order chi connectivity index (χ1) is 9.96. The first-order valence-corrected chi connectivity index (χ1v) is 8.64. The molecule has 5 nitrogen and oxygen atoms in total. The van der Waals surface area contributed by atoms with Crippen molar-refractivity contribution in [3.05, 3.63) is 29.8 Å². The van der Waals surface area contributed by atoms with Crippen molar-refractivity contribution in [2.75, 3.05) is 13.2 Å². The Morgan fingerprint density at radius 1 is 1.24 bits per heavy atom. The lowest BCUT2D eigenvalue weighted by atomic mass is 10.1. The average Bonchev–Trinajstić information content (AvgIpc) is 2.72. The van der Waals surface area contributed by atoms with Crippen LogP contribution in [0, 0.1) is 0 Å². The lowest BCUT2D eigenvalue weighted by molar-refractivity contribution is 0.101. The molecule has 1 aromatic rings. The third-order valence-corrected chi connectivity index (χ3v) is 5.87. The summed E-state index contributed by atoms with van der Waals surface area (Å²) >= 11 is 0. The van der Waals surface area contributed by atoms with E-state index < -0.39 is 10.0 Å². The van der Waals surface area contributed by atoms with Gasteiger partial charge in [-0.2, -0.15) is 4.31 Å². The highest BCUT2D eigenvalue weighted by Gasteiger charge is 2.31.